The molecule has 1 rings (SSSR count). The Bertz CT molecular complexity index is 470. The fourth-order valence-electron chi connectivity index (χ4n) is 1.56. The number of nitrogens with zero attached hydrogens (tertiary/aromatic N) is 1. The summed E-state index contributed by atoms with van der Waals surface area (Å²) in [5.74, 6) is -2.09. The van der Waals surface area contributed by atoms with Crippen LogP contribution in [0.15, 0.2) is 0 Å². The number of rotatable bonds is 6. The van der Waals surface area contributed by atoms with Gasteiger partial charge in [-0.15, -0.1) is 5.06 Å². The quantitative estimate of drug-likeness (QED) is 0.418. The largest absolute Gasteiger partial charge is 0.444 e. The molecule has 0 radical (unpaired) electrons. The van der Waals surface area contributed by atoms with Gasteiger partial charge in [0.15, 0.2) is 0 Å². The highest BCUT2D eigenvalue weighted by atomic mass is 16.7. The van der Waals surface area contributed by atoms with Crippen LogP contribution in [0.1, 0.15) is 33.6 Å². The number of carbonyl (C=O) groups excluding carboxylic acids is 4. The first kappa shape index (κ1) is 18.8. The van der Waals surface area contributed by atoms with Crippen LogP contribution in [-0.2, 0) is 24.0 Å². The van der Waals surface area contributed by atoms with Crippen molar-refractivity contribution < 1.29 is 33.9 Å². The molecule has 0 aliphatic carbocycles. The number of ether oxygens (including phenoxy) is 1. The zero-order valence-corrected chi connectivity index (χ0v) is 13.2. The summed E-state index contributed by atoms with van der Waals surface area (Å²) >= 11 is 0. The van der Waals surface area contributed by atoms with Crippen LogP contribution in [0.25, 0.3) is 0 Å². The lowest BCUT2D eigenvalue weighted by molar-refractivity contribution is -0.197. The van der Waals surface area contributed by atoms with Gasteiger partial charge < -0.3 is 20.0 Å². The van der Waals surface area contributed by atoms with Gasteiger partial charge in [0.1, 0.15) is 11.8 Å². The predicted molar refractivity (Wildman–Crippen MR) is 75.4 cm³/mol. The maximum atomic E-state index is 11.5. The molecule has 0 aromatic rings. The molecule has 0 aromatic heterocycles. The Hall–Kier alpha value is -2.20. The van der Waals surface area contributed by atoms with Crippen molar-refractivity contribution in [1.29, 1.82) is 0 Å². The van der Waals surface area contributed by atoms with Crippen molar-refractivity contribution in [1.82, 2.24) is 15.7 Å². The number of hydrogen-bond donors (Lipinski definition) is 3. The van der Waals surface area contributed by atoms with E-state index in [1.54, 1.807) is 20.8 Å². The monoisotopic (exact) mass is 331 g/mol. The van der Waals surface area contributed by atoms with Gasteiger partial charge in [0, 0.05) is 12.8 Å². The minimum atomic E-state index is -1.24. The molecule has 130 valence electrons. The van der Waals surface area contributed by atoms with E-state index in [9.17, 15) is 24.3 Å². The van der Waals surface area contributed by atoms with E-state index in [2.05, 4.69) is 15.5 Å². The van der Waals surface area contributed by atoms with Crippen LogP contribution in [0.4, 0.5) is 4.79 Å². The van der Waals surface area contributed by atoms with Crippen molar-refractivity contribution in [3.8, 4) is 0 Å². The topological polar surface area (TPSA) is 134 Å². The fourth-order valence-corrected chi connectivity index (χ4v) is 1.56. The standard InChI is InChI=1S/C13H21N3O7/c1-13(2,3)22-12(21)15-6-8(17)14-7-11(20)23-16-9(18)4-5-10(16)19/h8,14,17H,4-7H2,1-3H3,(H,15,21). The number of imide groups is 1. The van der Waals surface area contributed by atoms with Gasteiger partial charge in [-0.25, -0.2) is 9.59 Å². The molecule has 1 aliphatic rings. The first-order chi connectivity index (χ1) is 10.6. The number of nitrogens with one attached hydrogen (secondary N) is 2. The third-order valence-electron chi connectivity index (χ3n) is 2.52. The summed E-state index contributed by atoms with van der Waals surface area (Å²) in [6.45, 7) is 4.42. The summed E-state index contributed by atoms with van der Waals surface area (Å²) in [5, 5.41) is 14.7. The van der Waals surface area contributed by atoms with Crippen molar-refractivity contribution in [3.05, 3.63) is 0 Å². The van der Waals surface area contributed by atoms with Gasteiger partial charge in [-0.05, 0) is 20.8 Å². The van der Waals surface area contributed by atoms with E-state index in [0.29, 0.717) is 5.06 Å². The molecule has 1 atom stereocenters. The number of aliphatic hydroxyl groups excluding tert-OH is 1. The summed E-state index contributed by atoms with van der Waals surface area (Å²) in [6.07, 6.45) is -1.95. The van der Waals surface area contributed by atoms with Gasteiger partial charge in [0.2, 0.25) is 0 Å². The van der Waals surface area contributed by atoms with Crippen LogP contribution in [0.2, 0.25) is 0 Å². The molecule has 0 bridgehead atoms. The van der Waals surface area contributed by atoms with Gasteiger partial charge in [0.05, 0.1) is 13.1 Å². The van der Waals surface area contributed by atoms with Gasteiger partial charge >= 0.3 is 12.1 Å². The SMILES string of the molecule is CC(C)(C)OC(=O)NCC(O)NCC(=O)ON1C(=O)CCC1=O. The van der Waals surface area contributed by atoms with Crippen LogP contribution < -0.4 is 10.6 Å². The molecule has 1 aliphatic heterocycles. The molecule has 0 saturated carbocycles. The molecule has 1 unspecified atom stereocenters. The second-order valence-corrected chi connectivity index (χ2v) is 5.82. The average molecular weight is 331 g/mol. The maximum Gasteiger partial charge on any atom is 0.407 e. The highest BCUT2D eigenvalue weighted by Crippen LogP contribution is 2.11. The molecular formula is C13H21N3O7. The van der Waals surface area contributed by atoms with Crippen molar-refractivity contribution in [2.75, 3.05) is 13.1 Å². The van der Waals surface area contributed by atoms with Crippen LogP contribution in [-0.4, -0.2) is 59.0 Å². The number of aliphatic hydroxyl groups is 1. The van der Waals surface area contributed by atoms with Crippen molar-refractivity contribution in [2.45, 2.75) is 45.4 Å². The Balaban J connectivity index is 2.24. The van der Waals surface area contributed by atoms with Gasteiger partial charge in [0.25, 0.3) is 11.8 Å². The predicted octanol–water partition coefficient (Wildman–Crippen LogP) is -0.974. The molecule has 3 N–H and O–H groups in total. The van der Waals surface area contributed by atoms with Crippen LogP contribution in [0.3, 0.4) is 0 Å². The van der Waals surface area contributed by atoms with E-state index in [4.69, 9.17) is 4.74 Å². The molecule has 1 saturated heterocycles. The Kier molecular flexibility index (Phi) is 6.46. The molecule has 0 spiro atoms. The van der Waals surface area contributed by atoms with Crippen LogP contribution in [0, 0.1) is 0 Å². The zero-order chi connectivity index (χ0) is 17.6. The number of amides is 3. The lowest BCUT2D eigenvalue weighted by Crippen LogP contribution is -2.45. The van der Waals surface area contributed by atoms with Crippen LogP contribution in [0.5, 0.6) is 0 Å². The number of carbonyl (C=O) groups is 4. The van der Waals surface area contributed by atoms with E-state index < -0.39 is 42.3 Å². The first-order valence-corrected chi connectivity index (χ1v) is 7.03. The molecular weight excluding hydrogens is 310 g/mol. The highest BCUT2D eigenvalue weighted by molar-refractivity contribution is 6.01. The second-order valence-electron chi connectivity index (χ2n) is 5.82. The minimum Gasteiger partial charge on any atom is -0.444 e. The summed E-state index contributed by atoms with van der Waals surface area (Å²) < 4.78 is 4.96. The molecule has 0 aromatic carbocycles. The Labute approximate surface area is 133 Å². The van der Waals surface area contributed by atoms with Gasteiger partial charge in [-0.2, -0.15) is 0 Å². The molecule has 10 nitrogen and oxygen atoms in total. The van der Waals surface area contributed by atoms with E-state index in [-0.39, 0.29) is 19.4 Å². The lowest BCUT2D eigenvalue weighted by Gasteiger charge is -2.20. The van der Waals surface area contributed by atoms with Crippen molar-refractivity contribution >= 4 is 23.9 Å². The third kappa shape index (κ3) is 7.06. The third-order valence-corrected chi connectivity index (χ3v) is 2.52. The normalized spacial score (nSPS) is 16.3. The van der Waals surface area contributed by atoms with E-state index in [1.807, 2.05) is 0 Å². The molecule has 3 amide bonds. The smallest absolute Gasteiger partial charge is 0.407 e. The minimum absolute atomic E-state index is 0.00196. The lowest BCUT2D eigenvalue weighted by atomic mass is 10.2. The van der Waals surface area contributed by atoms with E-state index in [0.717, 1.165) is 0 Å². The van der Waals surface area contributed by atoms with Crippen LogP contribution >= 0.6 is 0 Å². The second kappa shape index (κ2) is 7.88. The average Bonchev–Trinajstić information content (AvgIpc) is 2.73. The summed E-state index contributed by atoms with van der Waals surface area (Å²) in [5.41, 5.74) is -0.666. The van der Waals surface area contributed by atoms with Gasteiger partial charge in [-0.1, -0.05) is 0 Å². The molecule has 23 heavy (non-hydrogen) atoms. The maximum absolute atomic E-state index is 11.5. The highest BCUT2D eigenvalue weighted by Gasteiger charge is 2.32. The van der Waals surface area contributed by atoms with E-state index in [1.165, 1.54) is 0 Å². The van der Waals surface area contributed by atoms with Crippen molar-refractivity contribution in [3.63, 3.8) is 0 Å². The zero-order valence-electron chi connectivity index (χ0n) is 13.2. The Morgan fingerprint density at radius 1 is 1.26 bits per heavy atom. The Morgan fingerprint density at radius 2 is 1.83 bits per heavy atom. The summed E-state index contributed by atoms with van der Waals surface area (Å²) in [4.78, 5) is 49.9. The summed E-state index contributed by atoms with van der Waals surface area (Å²) in [7, 11) is 0. The molecule has 10 heteroatoms. The number of alkyl carbamates (subject to hydrolysis) is 1. The Morgan fingerprint density at radius 3 is 2.35 bits per heavy atom. The molecule has 1 heterocycles. The number of hydrogen-bond acceptors (Lipinski definition) is 8. The summed E-state index contributed by atoms with van der Waals surface area (Å²) in [6, 6.07) is 0. The van der Waals surface area contributed by atoms with Gasteiger partial charge in [-0.3, -0.25) is 14.9 Å². The van der Waals surface area contributed by atoms with Crippen molar-refractivity contribution in [2.24, 2.45) is 0 Å². The molecule has 1 fully saturated rings. The number of hydroxylamine groups is 2. The fraction of sp³-hybridized carbons (Fsp3) is 0.692. The first-order valence-electron chi connectivity index (χ1n) is 7.03. The van der Waals surface area contributed by atoms with E-state index >= 15 is 0 Å².